The van der Waals surface area contributed by atoms with Crippen LogP contribution in [0.1, 0.15) is 75.3 Å². The van der Waals surface area contributed by atoms with E-state index in [1.807, 2.05) is 18.2 Å². The molecular weight excluding hydrogens is 947 g/mol. The Bertz CT molecular complexity index is 2460. The van der Waals surface area contributed by atoms with E-state index in [4.69, 9.17) is 40.1 Å². The number of primary amides is 2. The lowest BCUT2D eigenvalue weighted by molar-refractivity contribution is -0.136. The first-order valence-electron chi connectivity index (χ1n) is 23.9. The quantitative estimate of drug-likeness (QED) is 0.0326. The van der Waals surface area contributed by atoms with Crippen LogP contribution in [0.25, 0.3) is 10.9 Å². The van der Waals surface area contributed by atoms with Gasteiger partial charge in [-0.25, -0.2) is 0 Å². The maximum Gasteiger partial charge on any atom is 0.243 e. The van der Waals surface area contributed by atoms with Crippen molar-refractivity contribution < 1.29 is 43.2 Å². The zero-order valence-electron chi connectivity index (χ0n) is 40.5. The molecule has 7 unspecified atom stereocenters. The van der Waals surface area contributed by atoms with Crippen molar-refractivity contribution in [3.8, 4) is 0 Å². The van der Waals surface area contributed by atoms with Crippen LogP contribution >= 0.6 is 0 Å². The molecule has 0 spiro atoms. The third-order valence-electron chi connectivity index (χ3n) is 11.8. The van der Waals surface area contributed by atoms with E-state index in [9.17, 15) is 43.2 Å². The predicted molar refractivity (Wildman–Crippen MR) is 271 cm³/mol. The lowest BCUT2D eigenvalue weighted by Gasteiger charge is -2.28. The fourth-order valence-corrected chi connectivity index (χ4v) is 7.86. The van der Waals surface area contributed by atoms with Gasteiger partial charge in [-0.3, -0.25) is 53.1 Å². The summed E-state index contributed by atoms with van der Waals surface area (Å²) in [5.41, 5.74) is 41.2. The number of nitrogens with two attached hydrogens (primary N) is 7. The first-order chi connectivity index (χ1) is 34.8. The summed E-state index contributed by atoms with van der Waals surface area (Å²) in [6, 6.07) is 5.98. The molecule has 1 saturated heterocycles. The molecular formula is C47H69N17O9. The average Bonchev–Trinajstić information content (AvgIpc) is 3.75. The number of aromatic amines is 1. The van der Waals surface area contributed by atoms with Gasteiger partial charge in [0.25, 0.3) is 0 Å². The van der Waals surface area contributed by atoms with Gasteiger partial charge in [0.15, 0.2) is 11.9 Å². The van der Waals surface area contributed by atoms with Crippen molar-refractivity contribution in [2.75, 3.05) is 19.6 Å². The molecule has 0 radical (unpaired) electrons. The van der Waals surface area contributed by atoms with Crippen molar-refractivity contribution in [1.29, 1.82) is 0 Å². The Morgan fingerprint density at radius 3 is 1.89 bits per heavy atom. The second-order valence-electron chi connectivity index (χ2n) is 17.6. The first-order valence-corrected chi connectivity index (χ1v) is 23.9. The van der Waals surface area contributed by atoms with Crippen molar-refractivity contribution in [2.45, 2.75) is 119 Å². The summed E-state index contributed by atoms with van der Waals surface area (Å²) in [5, 5.41) is 19.2. The van der Waals surface area contributed by atoms with Crippen molar-refractivity contribution >= 4 is 76.0 Å². The molecule has 0 bridgehead atoms. The van der Waals surface area contributed by atoms with Crippen LogP contribution in [0.4, 0.5) is 0 Å². The molecule has 26 heteroatoms. The minimum absolute atomic E-state index is 0.0160. The largest absolute Gasteiger partial charge is 0.370 e. The maximum atomic E-state index is 14.6. The van der Waals surface area contributed by atoms with E-state index in [-0.39, 0.29) is 95.8 Å². The molecule has 0 saturated carbocycles. The molecule has 3 aromatic rings. The van der Waals surface area contributed by atoms with Crippen molar-refractivity contribution in [3.63, 3.8) is 0 Å². The fraction of sp³-hybridized carbons (Fsp3) is 0.468. The average molecular weight is 1020 g/mol. The summed E-state index contributed by atoms with van der Waals surface area (Å²) in [6.07, 6.45) is 0.944. The summed E-state index contributed by atoms with van der Waals surface area (Å²) >= 11 is 0. The van der Waals surface area contributed by atoms with Crippen molar-refractivity contribution in [3.05, 3.63) is 71.9 Å². The number of hydrogen-bond donors (Lipinski definition) is 15. The number of nitrogens with zero attached hydrogens (tertiary/aromatic N) is 2. The molecule has 2 heterocycles. The Morgan fingerprint density at radius 2 is 1.23 bits per heavy atom. The molecule has 396 valence electrons. The summed E-state index contributed by atoms with van der Waals surface area (Å²) < 4.78 is 0. The number of carbonyl (C=O) groups is 9. The normalized spacial score (nSPS) is 21.4. The Morgan fingerprint density at radius 1 is 0.658 bits per heavy atom. The van der Waals surface area contributed by atoms with E-state index in [2.05, 4.69) is 52.2 Å². The van der Waals surface area contributed by atoms with Crippen LogP contribution in [0.15, 0.2) is 70.8 Å². The lowest BCUT2D eigenvalue weighted by atomic mass is 10.0. The standard InChI is InChI=1S/C47H69N17O9/c48-29(13-8-20-56-46(51)52)40(68)62-36-24-38(66)55-19-7-6-15-31(39(50)67)59-44(72)35(23-27-25-58-30-14-5-4-12-28(27)30)64-41(69)32(16-9-21-57-47(53)54)60-43(71)34(22-26-10-2-1-3-11-26)63-42(70)33(61-45(36)73)17-18-37(49)65/h1-5,10-12,14,25,29,31-36,58H,6-9,13,15-24,48H2,(H2,49,65)(H2,50,67)(H,55,66)(H,59,72)(H,60,71)(H,61,73)(H,62,68)(H,63,70)(H,64,69)(H4,51,52,56)(H4,53,54,57). The number of para-hydroxylation sites is 1. The van der Waals surface area contributed by atoms with E-state index in [0.29, 0.717) is 11.1 Å². The molecule has 4 rings (SSSR count). The van der Waals surface area contributed by atoms with Gasteiger partial charge in [0, 0.05) is 56.0 Å². The second-order valence-corrected chi connectivity index (χ2v) is 17.6. The number of aliphatic imine (C=N–C) groups is 2. The van der Waals surface area contributed by atoms with Crippen LogP contribution in [0, 0.1) is 0 Å². The van der Waals surface area contributed by atoms with Crippen LogP contribution in [0.5, 0.6) is 0 Å². The summed E-state index contributed by atoms with van der Waals surface area (Å²) in [4.78, 5) is 134. The highest BCUT2D eigenvalue weighted by molar-refractivity contribution is 5.99. The highest BCUT2D eigenvalue weighted by atomic mass is 16.2. The number of benzene rings is 2. The van der Waals surface area contributed by atoms with Gasteiger partial charge in [-0.15, -0.1) is 0 Å². The molecule has 0 aliphatic carbocycles. The van der Waals surface area contributed by atoms with E-state index < -0.39 is 108 Å². The van der Waals surface area contributed by atoms with Crippen LogP contribution < -0.4 is 77.4 Å². The van der Waals surface area contributed by atoms with E-state index in [1.54, 1.807) is 42.6 Å². The monoisotopic (exact) mass is 1020 g/mol. The molecule has 1 fully saturated rings. The highest BCUT2D eigenvalue weighted by Crippen LogP contribution is 2.20. The van der Waals surface area contributed by atoms with Crippen molar-refractivity contribution in [2.24, 2.45) is 50.1 Å². The third kappa shape index (κ3) is 19.8. The van der Waals surface area contributed by atoms with Gasteiger partial charge in [0.05, 0.1) is 12.5 Å². The van der Waals surface area contributed by atoms with E-state index >= 15 is 0 Å². The molecule has 22 N–H and O–H groups in total. The van der Waals surface area contributed by atoms with Gasteiger partial charge in [0.2, 0.25) is 53.2 Å². The SMILES string of the molecule is NC(=O)CCC1NC(=O)C(NC(=O)C(N)CCCN=C(N)N)CC(=O)NCCCCC(C(N)=O)NC(=O)C(Cc2c[nH]c3ccccc23)NC(=O)C(CCCN=C(N)N)NC(=O)C(Cc2ccccc2)NC1=O. The third-order valence-corrected chi connectivity index (χ3v) is 11.8. The highest BCUT2D eigenvalue weighted by Gasteiger charge is 2.35. The van der Waals surface area contributed by atoms with Crippen LogP contribution in [0.2, 0.25) is 0 Å². The number of rotatable bonds is 18. The Labute approximate surface area is 421 Å². The number of aromatic nitrogens is 1. The Kier molecular flexibility index (Phi) is 22.9. The molecule has 9 amide bonds. The molecule has 1 aliphatic rings. The molecule has 7 atom stereocenters. The van der Waals surface area contributed by atoms with Crippen molar-refractivity contribution in [1.82, 2.24) is 42.2 Å². The molecule has 2 aromatic carbocycles. The number of fused-ring (bicyclic) bond motifs is 1. The number of amides is 9. The summed E-state index contributed by atoms with van der Waals surface area (Å²) in [6.45, 7) is 0.213. The number of H-pyrrole nitrogens is 1. The van der Waals surface area contributed by atoms with Gasteiger partial charge >= 0.3 is 0 Å². The Balaban J connectivity index is 1.76. The predicted octanol–water partition coefficient (Wildman–Crippen LogP) is -4.26. The zero-order valence-corrected chi connectivity index (χ0v) is 40.5. The van der Waals surface area contributed by atoms with Gasteiger partial charge in [-0.1, -0.05) is 48.5 Å². The number of carbonyl (C=O) groups excluding carboxylic acids is 9. The molecule has 73 heavy (non-hydrogen) atoms. The molecule has 1 aromatic heterocycles. The smallest absolute Gasteiger partial charge is 0.243 e. The molecule has 1 aliphatic heterocycles. The number of hydrogen-bond acceptors (Lipinski definition) is 12. The fourth-order valence-electron chi connectivity index (χ4n) is 7.86. The lowest BCUT2D eigenvalue weighted by Crippen LogP contribution is -2.60. The topological polar surface area (TPSA) is 460 Å². The maximum absolute atomic E-state index is 14.6. The number of nitrogens with one attached hydrogen (secondary N) is 8. The van der Waals surface area contributed by atoms with Crippen LogP contribution in [0.3, 0.4) is 0 Å². The number of guanidine groups is 2. The Hall–Kier alpha value is -8.29. The van der Waals surface area contributed by atoms with E-state index in [1.165, 1.54) is 0 Å². The summed E-state index contributed by atoms with van der Waals surface area (Å²) in [7, 11) is 0. The van der Waals surface area contributed by atoms with Crippen LogP contribution in [-0.2, 0) is 56.0 Å². The van der Waals surface area contributed by atoms with Gasteiger partial charge < -0.3 is 82.3 Å². The zero-order chi connectivity index (χ0) is 53.5. The van der Waals surface area contributed by atoms with Gasteiger partial charge in [-0.05, 0) is 68.6 Å². The minimum Gasteiger partial charge on any atom is -0.370 e. The molecule has 26 nitrogen and oxygen atoms in total. The minimum atomic E-state index is -1.63. The first kappa shape index (κ1) is 57.3. The summed E-state index contributed by atoms with van der Waals surface area (Å²) in [5.74, 6) is -8.07. The van der Waals surface area contributed by atoms with Gasteiger partial charge in [0.1, 0.15) is 36.3 Å². The van der Waals surface area contributed by atoms with Crippen LogP contribution in [-0.4, -0.2) is 132 Å². The van der Waals surface area contributed by atoms with Gasteiger partial charge in [-0.2, -0.15) is 0 Å². The van der Waals surface area contributed by atoms with E-state index in [0.717, 1.165) is 10.9 Å². The second kappa shape index (κ2) is 29.1.